The summed E-state index contributed by atoms with van der Waals surface area (Å²) in [6, 6.07) is 4.38. The number of aliphatic hydroxyl groups is 1. The highest BCUT2D eigenvalue weighted by molar-refractivity contribution is 7.91. The molecule has 11 nitrogen and oxygen atoms in total. The Balaban J connectivity index is 1.59. The molecule has 1 atom stereocenters. The van der Waals surface area contributed by atoms with Crippen molar-refractivity contribution < 1.29 is 18.3 Å². The number of nitrogens with zero attached hydrogens (tertiary/aromatic N) is 5. The number of sulfone groups is 1. The largest absolute Gasteiger partial charge is 0.488 e. The van der Waals surface area contributed by atoms with Gasteiger partial charge in [0.15, 0.2) is 15.7 Å². The number of rotatable bonds is 11. The van der Waals surface area contributed by atoms with Crippen LogP contribution in [0.5, 0.6) is 5.75 Å². The van der Waals surface area contributed by atoms with Crippen molar-refractivity contribution in [2.24, 2.45) is 23.0 Å². The van der Waals surface area contributed by atoms with Crippen LogP contribution in [0.1, 0.15) is 63.5 Å². The Morgan fingerprint density at radius 2 is 1.86 bits per heavy atom. The molecule has 1 saturated heterocycles. The molecule has 3 N–H and O–H groups in total. The molecule has 0 spiro atoms. The first-order valence-electron chi connectivity index (χ1n) is 15.2. The number of hydrogen-bond acceptors (Lipinski definition) is 7. The molecule has 242 valence electrons. The van der Waals surface area contributed by atoms with Crippen LogP contribution in [-0.2, 0) is 16.9 Å². The van der Waals surface area contributed by atoms with Gasteiger partial charge in [-0.15, -0.1) is 0 Å². The number of halogens is 1. The van der Waals surface area contributed by atoms with Crippen molar-refractivity contribution in [3.8, 4) is 5.75 Å². The van der Waals surface area contributed by atoms with Crippen molar-refractivity contribution in [3.05, 3.63) is 41.1 Å². The van der Waals surface area contributed by atoms with E-state index in [4.69, 9.17) is 16.3 Å². The van der Waals surface area contributed by atoms with Crippen molar-refractivity contribution in [1.82, 2.24) is 14.7 Å². The maximum atomic E-state index is 13.0. The minimum absolute atomic E-state index is 0.0454. The van der Waals surface area contributed by atoms with E-state index >= 15 is 0 Å². The Morgan fingerprint density at radius 3 is 2.43 bits per heavy atom. The van der Waals surface area contributed by atoms with E-state index in [2.05, 4.69) is 63.2 Å². The minimum atomic E-state index is -3.66. The third kappa shape index (κ3) is 8.62. The summed E-state index contributed by atoms with van der Waals surface area (Å²) in [6.45, 7) is 13.7. The standard InChI is InChI=1S/C31H46ClN7O4S/c1-19(2)18-44(41,42)30-27(16-38(7)37-30)34-29(22(5)32)36-31(33-6)35-26-14-20(3)25(15-28(26)43-24-8-9-24)23-10-12-39(13-11-23)21(4)17-40/h14-16,19,21,23-24,40H,5,8-13,17-18H2,1-4,6-7H3,(H2,33,34,35,36). The third-order valence-electron chi connectivity index (χ3n) is 7.87. The first-order valence-corrected chi connectivity index (χ1v) is 17.2. The number of aromatic nitrogens is 2. The lowest BCUT2D eigenvalue weighted by Gasteiger charge is -2.36. The van der Waals surface area contributed by atoms with Gasteiger partial charge in [-0.1, -0.05) is 32.0 Å². The molecule has 2 heterocycles. The molecular weight excluding hydrogens is 602 g/mol. The van der Waals surface area contributed by atoms with E-state index in [-0.39, 0.29) is 58.0 Å². The van der Waals surface area contributed by atoms with Crippen LogP contribution in [0.25, 0.3) is 0 Å². The van der Waals surface area contributed by atoms with Crippen LogP contribution >= 0.6 is 11.6 Å². The zero-order valence-corrected chi connectivity index (χ0v) is 28.2. The highest BCUT2D eigenvalue weighted by Gasteiger charge is 2.29. The third-order valence-corrected chi connectivity index (χ3v) is 10.0. The van der Waals surface area contributed by atoms with Crippen LogP contribution in [0.15, 0.2) is 45.0 Å². The van der Waals surface area contributed by atoms with Crippen molar-refractivity contribution >= 4 is 44.6 Å². The molecule has 1 saturated carbocycles. The normalized spacial score (nSPS) is 18.0. The molecule has 2 aromatic rings. The van der Waals surface area contributed by atoms with Gasteiger partial charge < -0.3 is 20.5 Å². The summed E-state index contributed by atoms with van der Waals surface area (Å²) >= 11 is 6.35. The minimum Gasteiger partial charge on any atom is -0.488 e. The van der Waals surface area contributed by atoms with Gasteiger partial charge in [0.2, 0.25) is 11.0 Å². The summed E-state index contributed by atoms with van der Waals surface area (Å²) in [5, 5.41) is 20.1. The van der Waals surface area contributed by atoms with Crippen LogP contribution in [0, 0.1) is 12.8 Å². The van der Waals surface area contributed by atoms with Crippen LogP contribution in [-0.4, -0.2) is 84.6 Å². The van der Waals surface area contributed by atoms with E-state index in [1.807, 2.05) is 13.8 Å². The molecule has 0 amide bonds. The van der Waals surface area contributed by atoms with Crippen molar-refractivity contribution in [1.29, 1.82) is 0 Å². The molecule has 1 aliphatic heterocycles. The number of benzene rings is 1. The Hall–Kier alpha value is -2.93. The number of piperidine rings is 1. The Bertz CT molecular complexity index is 1510. The van der Waals surface area contributed by atoms with E-state index in [1.165, 1.54) is 10.2 Å². The fourth-order valence-electron chi connectivity index (χ4n) is 5.42. The molecule has 2 aliphatic rings. The van der Waals surface area contributed by atoms with Crippen molar-refractivity contribution in [3.63, 3.8) is 0 Å². The SMILES string of the molecule is C=C(Cl)C(=NC(=NC)Nc1cc(C)c(C2CCN(C(C)CO)CC2)cc1OC1CC1)Nc1cn(C)nc1S(=O)(=O)CC(C)C. The number of anilines is 2. The summed E-state index contributed by atoms with van der Waals surface area (Å²) in [4.78, 5) is 11.3. The second-order valence-corrected chi connectivity index (χ2v) is 14.6. The lowest BCUT2D eigenvalue weighted by atomic mass is 9.86. The van der Waals surface area contributed by atoms with Gasteiger partial charge in [0, 0.05) is 26.3 Å². The van der Waals surface area contributed by atoms with E-state index in [1.54, 1.807) is 20.3 Å². The zero-order valence-electron chi connectivity index (χ0n) is 26.6. The summed E-state index contributed by atoms with van der Waals surface area (Å²) < 4.78 is 33.9. The molecule has 1 aliphatic carbocycles. The average molecular weight is 648 g/mol. The number of guanidine groups is 1. The quantitative estimate of drug-likeness (QED) is 0.231. The number of amidine groups is 1. The smallest absolute Gasteiger partial charge is 0.224 e. The molecular formula is C31H46ClN7O4S. The summed E-state index contributed by atoms with van der Waals surface area (Å²) in [5.41, 5.74) is 3.39. The highest BCUT2D eigenvalue weighted by Crippen LogP contribution is 2.39. The number of aliphatic hydroxyl groups excluding tert-OH is 1. The molecule has 44 heavy (non-hydrogen) atoms. The van der Waals surface area contributed by atoms with Gasteiger partial charge in [-0.2, -0.15) is 10.1 Å². The fraction of sp³-hybridized carbons (Fsp3) is 0.581. The zero-order chi connectivity index (χ0) is 32.2. The van der Waals surface area contributed by atoms with Gasteiger partial charge in [-0.05, 0) is 87.7 Å². The van der Waals surface area contributed by atoms with Crippen LogP contribution in [0.3, 0.4) is 0 Å². The molecule has 1 aromatic carbocycles. The van der Waals surface area contributed by atoms with Crippen LogP contribution in [0.2, 0.25) is 0 Å². The molecule has 13 heteroatoms. The number of aryl methyl sites for hydroxylation is 2. The second-order valence-electron chi connectivity index (χ2n) is 12.2. The van der Waals surface area contributed by atoms with Gasteiger partial charge >= 0.3 is 0 Å². The lowest BCUT2D eigenvalue weighted by molar-refractivity contribution is 0.108. The average Bonchev–Trinajstić information content (AvgIpc) is 3.70. The molecule has 0 radical (unpaired) electrons. The number of ether oxygens (including phenoxy) is 1. The molecule has 1 unspecified atom stereocenters. The summed E-state index contributed by atoms with van der Waals surface area (Å²) in [7, 11) is -0.405. The summed E-state index contributed by atoms with van der Waals surface area (Å²) in [6.07, 6.45) is 5.81. The van der Waals surface area contributed by atoms with Gasteiger partial charge in [0.05, 0.1) is 34.9 Å². The monoisotopic (exact) mass is 647 g/mol. The number of hydrogen-bond donors (Lipinski definition) is 3. The fourth-order valence-corrected chi connectivity index (χ4v) is 7.23. The number of aliphatic imine (C=N–C) groups is 2. The summed E-state index contributed by atoms with van der Waals surface area (Å²) in [5.74, 6) is 1.40. The molecule has 0 bridgehead atoms. The molecule has 2 fully saturated rings. The van der Waals surface area contributed by atoms with Crippen LogP contribution in [0.4, 0.5) is 11.4 Å². The first kappa shape index (κ1) is 34.0. The Kier molecular flexibility index (Phi) is 11.1. The Labute approximate surface area is 266 Å². The lowest BCUT2D eigenvalue weighted by Crippen LogP contribution is -2.41. The topological polar surface area (TPSA) is 133 Å². The maximum Gasteiger partial charge on any atom is 0.224 e. The van der Waals surface area contributed by atoms with Gasteiger partial charge in [-0.3, -0.25) is 14.6 Å². The van der Waals surface area contributed by atoms with E-state index in [0.717, 1.165) is 55.8 Å². The predicted octanol–water partition coefficient (Wildman–Crippen LogP) is 4.92. The first-order chi connectivity index (χ1) is 20.8. The van der Waals surface area contributed by atoms with Gasteiger partial charge in [-0.25, -0.2) is 8.42 Å². The van der Waals surface area contributed by atoms with E-state index < -0.39 is 9.84 Å². The van der Waals surface area contributed by atoms with Crippen molar-refractivity contribution in [2.75, 3.05) is 43.1 Å². The van der Waals surface area contributed by atoms with E-state index in [9.17, 15) is 13.5 Å². The molecule has 4 rings (SSSR count). The number of likely N-dealkylation sites (tertiary alicyclic amines) is 1. The number of nitrogens with one attached hydrogen (secondary N) is 2. The molecule has 1 aromatic heterocycles. The maximum absolute atomic E-state index is 13.0. The Morgan fingerprint density at radius 1 is 1.18 bits per heavy atom. The van der Waals surface area contributed by atoms with Gasteiger partial charge in [0.25, 0.3) is 0 Å². The highest BCUT2D eigenvalue weighted by atomic mass is 35.5. The van der Waals surface area contributed by atoms with Crippen molar-refractivity contribution in [2.45, 2.75) is 76.5 Å². The van der Waals surface area contributed by atoms with E-state index in [0.29, 0.717) is 5.92 Å². The van der Waals surface area contributed by atoms with Crippen LogP contribution < -0.4 is 15.4 Å². The van der Waals surface area contributed by atoms with Gasteiger partial charge in [0.1, 0.15) is 5.75 Å². The second kappa shape index (κ2) is 14.4. The predicted molar refractivity (Wildman–Crippen MR) is 178 cm³/mol.